The molecule has 6 nitrogen and oxygen atoms in total. The Balaban J connectivity index is 2.00. The summed E-state index contributed by atoms with van der Waals surface area (Å²) in [5, 5.41) is 2.59. The lowest BCUT2D eigenvalue weighted by Gasteiger charge is -2.18. The number of benzene rings is 2. The second-order valence-corrected chi connectivity index (χ2v) is 7.82. The van der Waals surface area contributed by atoms with Crippen LogP contribution in [0.2, 0.25) is 0 Å². The van der Waals surface area contributed by atoms with Gasteiger partial charge in [-0.05, 0) is 48.0 Å². The van der Waals surface area contributed by atoms with Crippen LogP contribution in [0.25, 0.3) is 6.08 Å². The predicted molar refractivity (Wildman–Crippen MR) is 107 cm³/mol. The minimum Gasteiger partial charge on any atom is -0.435 e. The number of amides is 1. The van der Waals surface area contributed by atoms with Crippen molar-refractivity contribution in [1.82, 2.24) is 4.31 Å². The third kappa shape index (κ3) is 6.37. The summed E-state index contributed by atoms with van der Waals surface area (Å²) in [6.07, 6.45) is 2.83. The number of nitrogens with one attached hydrogen (secondary N) is 1. The number of anilines is 1. The van der Waals surface area contributed by atoms with E-state index >= 15 is 0 Å². The largest absolute Gasteiger partial charge is 0.435 e. The van der Waals surface area contributed by atoms with Gasteiger partial charge in [0, 0.05) is 24.9 Å². The molecule has 0 aliphatic rings. The fraction of sp³-hybridized carbons (Fsp3) is 0.250. The maximum Gasteiger partial charge on any atom is 0.387 e. The standard InChI is InChI=1S/C20H22F2N2O4S/c1-3-24(4-2)29(26,27)18-12-5-15(6-13-18)7-14-19(25)23-16-8-10-17(11-9-16)28-20(21)22/h5-14,20H,3-4H2,1-2H3,(H,23,25)/b14-7+. The third-order valence-electron chi connectivity index (χ3n) is 4.00. The maximum absolute atomic E-state index is 12.5. The Kier molecular flexibility index (Phi) is 7.86. The lowest BCUT2D eigenvalue weighted by molar-refractivity contribution is -0.111. The van der Waals surface area contributed by atoms with E-state index in [4.69, 9.17) is 0 Å². The molecule has 156 valence electrons. The van der Waals surface area contributed by atoms with E-state index in [2.05, 4.69) is 10.1 Å². The summed E-state index contributed by atoms with van der Waals surface area (Å²) in [5.41, 5.74) is 1.07. The molecule has 0 fully saturated rings. The Morgan fingerprint density at radius 3 is 2.17 bits per heavy atom. The van der Waals surface area contributed by atoms with Gasteiger partial charge in [0.1, 0.15) is 5.75 Å². The van der Waals surface area contributed by atoms with E-state index in [1.165, 1.54) is 52.9 Å². The summed E-state index contributed by atoms with van der Waals surface area (Å²) in [7, 11) is -3.53. The monoisotopic (exact) mass is 424 g/mol. The highest BCUT2D eigenvalue weighted by Crippen LogP contribution is 2.18. The molecule has 0 saturated carbocycles. The number of sulfonamides is 1. The van der Waals surface area contributed by atoms with E-state index < -0.39 is 22.5 Å². The lowest BCUT2D eigenvalue weighted by Crippen LogP contribution is -2.30. The van der Waals surface area contributed by atoms with Gasteiger partial charge >= 0.3 is 6.61 Å². The molecule has 9 heteroatoms. The summed E-state index contributed by atoms with van der Waals surface area (Å²) in [6, 6.07) is 11.7. The van der Waals surface area contributed by atoms with Gasteiger partial charge in [-0.3, -0.25) is 4.79 Å². The van der Waals surface area contributed by atoms with Crippen LogP contribution in [-0.2, 0) is 14.8 Å². The van der Waals surface area contributed by atoms with Crippen LogP contribution < -0.4 is 10.1 Å². The van der Waals surface area contributed by atoms with Gasteiger partial charge in [-0.25, -0.2) is 8.42 Å². The molecule has 0 aliphatic heterocycles. The fourth-order valence-corrected chi connectivity index (χ4v) is 4.00. The van der Waals surface area contributed by atoms with E-state index in [9.17, 15) is 22.0 Å². The van der Waals surface area contributed by atoms with Crippen molar-refractivity contribution >= 4 is 27.7 Å². The Labute approximate surface area is 168 Å². The van der Waals surface area contributed by atoms with Gasteiger partial charge in [0.25, 0.3) is 0 Å². The first-order valence-corrected chi connectivity index (χ1v) is 10.3. The number of carbonyl (C=O) groups is 1. The molecule has 0 saturated heterocycles. The van der Waals surface area contributed by atoms with Crippen molar-refractivity contribution in [2.45, 2.75) is 25.4 Å². The molecular formula is C20H22F2N2O4S. The minimum atomic E-state index is -3.53. The Morgan fingerprint density at radius 1 is 1.07 bits per heavy atom. The zero-order chi connectivity index (χ0) is 21.4. The molecule has 1 N–H and O–H groups in total. The molecule has 0 radical (unpaired) electrons. The first-order chi connectivity index (χ1) is 13.8. The molecule has 2 rings (SSSR count). The number of rotatable bonds is 9. The van der Waals surface area contributed by atoms with Gasteiger partial charge in [0.05, 0.1) is 4.90 Å². The molecule has 0 bridgehead atoms. The van der Waals surface area contributed by atoms with Crippen molar-refractivity contribution in [3.63, 3.8) is 0 Å². The summed E-state index contributed by atoms with van der Waals surface area (Å²) in [5.74, 6) is -0.430. The van der Waals surface area contributed by atoms with E-state index in [0.717, 1.165) is 0 Å². The third-order valence-corrected chi connectivity index (χ3v) is 6.06. The van der Waals surface area contributed by atoms with Crippen molar-refractivity contribution < 1.29 is 26.7 Å². The van der Waals surface area contributed by atoms with Gasteiger partial charge in [-0.15, -0.1) is 0 Å². The molecule has 0 atom stereocenters. The fourth-order valence-electron chi connectivity index (χ4n) is 2.54. The average molecular weight is 424 g/mol. The first kappa shape index (κ1) is 22.5. The number of nitrogens with zero attached hydrogens (tertiary/aromatic N) is 1. The van der Waals surface area contributed by atoms with Crippen LogP contribution in [0.1, 0.15) is 19.4 Å². The molecule has 2 aromatic carbocycles. The minimum absolute atomic E-state index is 0.00621. The summed E-state index contributed by atoms with van der Waals surface area (Å²) in [4.78, 5) is 12.2. The van der Waals surface area contributed by atoms with Crippen LogP contribution in [0, 0.1) is 0 Å². The number of alkyl halides is 2. The van der Waals surface area contributed by atoms with Crippen LogP contribution in [0.15, 0.2) is 59.5 Å². The van der Waals surface area contributed by atoms with Crippen LogP contribution in [0.4, 0.5) is 14.5 Å². The van der Waals surface area contributed by atoms with Gasteiger partial charge in [-0.2, -0.15) is 13.1 Å². The highest BCUT2D eigenvalue weighted by Gasteiger charge is 2.20. The second kappa shape index (κ2) is 10.1. The van der Waals surface area contributed by atoms with Crippen molar-refractivity contribution in [3.8, 4) is 5.75 Å². The van der Waals surface area contributed by atoms with E-state index in [0.29, 0.717) is 24.3 Å². The lowest BCUT2D eigenvalue weighted by atomic mass is 10.2. The molecule has 0 unspecified atom stereocenters. The van der Waals surface area contributed by atoms with Gasteiger partial charge < -0.3 is 10.1 Å². The highest BCUT2D eigenvalue weighted by atomic mass is 32.2. The Hall–Kier alpha value is -2.78. The maximum atomic E-state index is 12.5. The second-order valence-electron chi connectivity index (χ2n) is 5.88. The smallest absolute Gasteiger partial charge is 0.387 e. The highest BCUT2D eigenvalue weighted by molar-refractivity contribution is 7.89. The van der Waals surface area contributed by atoms with Gasteiger partial charge in [-0.1, -0.05) is 26.0 Å². The molecule has 0 aromatic heterocycles. The molecular weight excluding hydrogens is 402 g/mol. The summed E-state index contributed by atoms with van der Waals surface area (Å²) >= 11 is 0. The average Bonchev–Trinajstić information content (AvgIpc) is 2.68. The van der Waals surface area contributed by atoms with Crippen LogP contribution in [0.3, 0.4) is 0 Å². The quantitative estimate of drug-likeness (QED) is 0.618. The zero-order valence-corrected chi connectivity index (χ0v) is 16.8. The number of ether oxygens (including phenoxy) is 1. The van der Waals surface area contributed by atoms with E-state index in [1.54, 1.807) is 26.0 Å². The van der Waals surface area contributed by atoms with Crippen molar-refractivity contribution in [2.24, 2.45) is 0 Å². The molecule has 1 amide bonds. The van der Waals surface area contributed by atoms with Gasteiger partial charge in [0.15, 0.2) is 0 Å². The van der Waals surface area contributed by atoms with Gasteiger partial charge in [0.2, 0.25) is 15.9 Å². The number of carbonyl (C=O) groups excluding carboxylic acids is 1. The van der Waals surface area contributed by atoms with Crippen LogP contribution >= 0.6 is 0 Å². The molecule has 0 aliphatic carbocycles. The van der Waals surface area contributed by atoms with E-state index in [1.807, 2.05) is 0 Å². The first-order valence-electron chi connectivity index (χ1n) is 8.90. The van der Waals surface area contributed by atoms with Crippen LogP contribution in [0.5, 0.6) is 5.75 Å². The predicted octanol–water partition coefficient (Wildman–Crippen LogP) is 3.97. The summed E-state index contributed by atoms with van der Waals surface area (Å²) < 4.78 is 54.7. The molecule has 29 heavy (non-hydrogen) atoms. The van der Waals surface area contributed by atoms with Crippen molar-refractivity contribution in [2.75, 3.05) is 18.4 Å². The summed E-state index contributed by atoms with van der Waals surface area (Å²) in [6.45, 7) is 1.41. The SMILES string of the molecule is CCN(CC)S(=O)(=O)c1ccc(/C=C/C(=O)Nc2ccc(OC(F)F)cc2)cc1. The Morgan fingerprint density at radius 2 is 1.66 bits per heavy atom. The molecule has 2 aromatic rings. The topological polar surface area (TPSA) is 75.7 Å². The van der Waals surface area contributed by atoms with Crippen molar-refractivity contribution in [1.29, 1.82) is 0 Å². The van der Waals surface area contributed by atoms with Crippen LogP contribution in [-0.4, -0.2) is 38.3 Å². The number of halogens is 2. The molecule has 0 spiro atoms. The zero-order valence-electron chi connectivity index (χ0n) is 16.0. The molecule has 0 heterocycles. The van der Waals surface area contributed by atoms with Crippen molar-refractivity contribution in [3.05, 3.63) is 60.2 Å². The number of hydrogen-bond donors (Lipinski definition) is 1. The normalized spacial score (nSPS) is 11.9. The van der Waals surface area contributed by atoms with E-state index in [-0.39, 0.29) is 10.6 Å². The Bertz CT molecular complexity index is 939. The number of hydrogen-bond acceptors (Lipinski definition) is 4.